The molecule has 3 N–H and O–H groups in total. The summed E-state index contributed by atoms with van der Waals surface area (Å²) in [4.78, 5) is 9.89. The van der Waals surface area contributed by atoms with Crippen molar-refractivity contribution in [1.29, 1.82) is 5.41 Å². The third kappa shape index (κ3) is 3.40. The molecule has 0 bridgehead atoms. The monoisotopic (exact) mass is 241 g/mol. The van der Waals surface area contributed by atoms with Gasteiger partial charge in [-0.2, -0.15) is 0 Å². The fourth-order valence-corrected chi connectivity index (χ4v) is 1.22. The highest BCUT2D eigenvalue weighted by Crippen LogP contribution is 2.26. The normalized spacial score (nSPS) is 10.0. The Bertz CT molecular complexity index is 462. The molecule has 0 amide bonds. The molecule has 1 aromatic rings. The number of nitrogens with zero attached hydrogens (tertiary/aromatic N) is 1. The first-order chi connectivity index (χ1) is 7.91. The second-order valence-electron chi connectivity index (χ2n) is 3.45. The topological polar surface area (TPSA) is 102 Å². The first-order valence-electron chi connectivity index (χ1n) is 4.82. The Morgan fingerprint density at radius 1 is 1.65 bits per heavy atom. The summed E-state index contributed by atoms with van der Waals surface area (Å²) in [6, 6.07) is 2.08. The van der Waals surface area contributed by atoms with Gasteiger partial charge in [0.2, 0.25) is 0 Å². The summed E-state index contributed by atoms with van der Waals surface area (Å²) in [6.07, 6.45) is 0.176. The smallest absolute Gasteiger partial charge is 0.275 e. The second-order valence-corrected chi connectivity index (χ2v) is 3.45. The van der Waals surface area contributed by atoms with Crippen molar-refractivity contribution in [2.24, 2.45) is 5.73 Å². The molecular weight excluding hydrogens is 229 g/mol. The van der Waals surface area contributed by atoms with Crippen molar-refractivity contribution in [2.45, 2.75) is 13.3 Å². The summed E-state index contributed by atoms with van der Waals surface area (Å²) in [5.41, 5.74) is 5.13. The van der Waals surface area contributed by atoms with Gasteiger partial charge in [-0.25, -0.2) is 4.39 Å². The van der Waals surface area contributed by atoms with Crippen LogP contribution >= 0.6 is 0 Å². The van der Waals surface area contributed by atoms with E-state index in [1.165, 1.54) is 13.0 Å². The maximum Gasteiger partial charge on any atom is 0.275 e. The molecule has 0 fully saturated rings. The van der Waals surface area contributed by atoms with Crippen LogP contribution < -0.4 is 10.5 Å². The quantitative estimate of drug-likeness (QED) is 0.354. The fourth-order valence-electron chi connectivity index (χ4n) is 1.22. The molecule has 0 atom stereocenters. The van der Waals surface area contributed by atoms with E-state index in [-0.39, 0.29) is 30.3 Å². The lowest BCUT2D eigenvalue weighted by Gasteiger charge is -2.07. The number of benzene rings is 1. The molecule has 0 unspecified atom stereocenters. The van der Waals surface area contributed by atoms with Crippen LogP contribution in [-0.2, 0) is 0 Å². The summed E-state index contributed by atoms with van der Waals surface area (Å²) < 4.78 is 18.4. The SMILES string of the molecule is Cc1cc(OCCC(=N)N)c(F)cc1[N+](=O)[O-]. The van der Waals surface area contributed by atoms with E-state index >= 15 is 0 Å². The van der Waals surface area contributed by atoms with Crippen LogP contribution in [0.15, 0.2) is 12.1 Å². The molecule has 92 valence electrons. The maximum absolute atomic E-state index is 13.4. The van der Waals surface area contributed by atoms with E-state index in [9.17, 15) is 14.5 Å². The number of hydrogen-bond donors (Lipinski definition) is 2. The van der Waals surface area contributed by atoms with E-state index in [0.717, 1.165) is 6.07 Å². The Kier molecular flexibility index (Phi) is 3.97. The number of ether oxygens (including phenoxy) is 1. The average molecular weight is 241 g/mol. The van der Waals surface area contributed by atoms with Crippen LogP contribution in [0, 0.1) is 28.3 Å². The Balaban J connectivity index is 2.84. The highest BCUT2D eigenvalue weighted by molar-refractivity contribution is 5.76. The molecule has 6 nitrogen and oxygen atoms in total. The van der Waals surface area contributed by atoms with E-state index in [4.69, 9.17) is 15.9 Å². The molecule has 1 rings (SSSR count). The van der Waals surface area contributed by atoms with Gasteiger partial charge in [0.1, 0.15) is 0 Å². The van der Waals surface area contributed by atoms with E-state index in [1.807, 2.05) is 0 Å². The highest BCUT2D eigenvalue weighted by atomic mass is 19.1. The summed E-state index contributed by atoms with van der Waals surface area (Å²) >= 11 is 0. The lowest BCUT2D eigenvalue weighted by molar-refractivity contribution is -0.385. The van der Waals surface area contributed by atoms with Gasteiger partial charge in [-0.15, -0.1) is 0 Å². The molecule has 7 heteroatoms. The van der Waals surface area contributed by atoms with Crippen molar-refractivity contribution in [2.75, 3.05) is 6.61 Å². The van der Waals surface area contributed by atoms with Gasteiger partial charge < -0.3 is 10.5 Å². The van der Waals surface area contributed by atoms with Gasteiger partial charge in [-0.1, -0.05) is 0 Å². The largest absolute Gasteiger partial charge is 0.490 e. The number of nitro groups is 1. The van der Waals surface area contributed by atoms with Crippen molar-refractivity contribution in [1.82, 2.24) is 0 Å². The third-order valence-electron chi connectivity index (χ3n) is 2.08. The molecule has 0 radical (unpaired) electrons. The summed E-state index contributed by atoms with van der Waals surface area (Å²) in [5, 5.41) is 17.5. The van der Waals surface area contributed by atoms with Crippen LogP contribution in [0.2, 0.25) is 0 Å². The number of nitrogens with one attached hydrogen (secondary N) is 1. The molecule has 1 aromatic carbocycles. The zero-order valence-corrected chi connectivity index (χ0v) is 9.20. The number of halogens is 1. The number of aryl methyl sites for hydroxylation is 1. The van der Waals surface area contributed by atoms with Gasteiger partial charge in [-0.3, -0.25) is 15.5 Å². The number of hydrogen-bond acceptors (Lipinski definition) is 4. The maximum atomic E-state index is 13.4. The van der Waals surface area contributed by atoms with E-state index < -0.39 is 10.7 Å². The predicted octanol–water partition coefficient (Wildman–Crippen LogP) is 1.75. The predicted molar refractivity (Wildman–Crippen MR) is 59.8 cm³/mol. The molecule has 0 heterocycles. The Morgan fingerprint density at radius 2 is 2.29 bits per heavy atom. The minimum absolute atomic E-state index is 0.0590. The minimum Gasteiger partial charge on any atom is -0.490 e. The van der Waals surface area contributed by atoms with Crippen LogP contribution in [0.1, 0.15) is 12.0 Å². The zero-order chi connectivity index (χ0) is 13.0. The number of nitrogens with two attached hydrogens (primary N) is 1. The summed E-state index contributed by atoms with van der Waals surface area (Å²) in [6.45, 7) is 1.55. The summed E-state index contributed by atoms with van der Waals surface area (Å²) in [5.74, 6) is -0.941. The fraction of sp³-hybridized carbons (Fsp3) is 0.300. The molecule has 0 aliphatic rings. The molecule has 0 aliphatic carbocycles. The van der Waals surface area contributed by atoms with Crippen LogP contribution in [0.25, 0.3) is 0 Å². The molecule has 0 spiro atoms. The molecule has 0 saturated carbocycles. The highest BCUT2D eigenvalue weighted by Gasteiger charge is 2.16. The average Bonchev–Trinajstić information content (AvgIpc) is 2.21. The molecule has 17 heavy (non-hydrogen) atoms. The Hall–Kier alpha value is -2.18. The summed E-state index contributed by atoms with van der Waals surface area (Å²) in [7, 11) is 0. The van der Waals surface area contributed by atoms with Crippen LogP contribution in [-0.4, -0.2) is 17.4 Å². The lowest BCUT2D eigenvalue weighted by Crippen LogP contribution is -2.14. The molecule has 0 saturated heterocycles. The van der Waals surface area contributed by atoms with Gasteiger partial charge in [0, 0.05) is 12.0 Å². The molecular formula is C10H12FN3O3. The van der Waals surface area contributed by atoms with Crippen LogP contribution in [0.4, 0.5) is 10.1 Å². The first-order valence-corrected chi connectivity index (χ1v) is 4.82. The Morgan fingerprint density at radius 3 is 2.82 bits per heavy atom. The first kappa shape index (κ1) is 12.9. The van der Waals surface area contributed by atoms with E-state index in [2.05, 4.69) is 0 Å². The standard InChI is InChI=1S/C10H12FN3O3/c1-6-4-9(17-3-2-10(12)13)7(11)5-8(6)14(15)16/h4-5H,2-3H2,1H3,(H3,12,13). The Labute approximate surface area is 96.8 Å². The second kappa shape index (κ2) is 5.24. The van der Waals surface area contributed by atoms with Crippen LogP contribution in [0.3, 0.4) is 0 Å². The molecule has 0 aliphatic heterocycles. The van der Waals surface area contributed by atoms with Crippen molar-refractivity contribution in [3.63, 3.8) is 0 Å². The van der Waals surface area contributed by atoms with Gasteiger partial charge in [0.05, 0.1) is 23.4 Å². The van der Waals surface area contributed by atoms with Crippen molar-refractivity contribution in [3.05, 3.63) is 33.6 Å². The number of nitro benzene ring substituents is 1. The zero-order valence-electron chi connectivity index (χ0n) is 9.20. The van der Waals surface area contributed by atoms with Gasteiger partial charge >= 0.3 is 0 Å². The molecule has 0 aromatic heterocycles. The lowest BCUT2D eigenvalue weighted by atomic mass is 10.2. The number of rotatable bonds is 5. The van der Waals surface area contributed by atoms with Crippen molar-refractivity contribution >= 4 is 11.5 Å². The van der Waals surface area contributed by atoms with Crippen LogP contribution in [0.5, 0.6) is 5.75 Å². The van der Waals surface area contributed by atoms with Gasteiger partial charge in [0.15, 0.2) is 11.6 Å². The third-order valence-corrected chi connectivity index (χ3v) is 2.08. The number of amidine groups is 1. The van der Waals surface area contributed by atoms with Crippen molar-refractivity contribution in [3.8, 4) is 5.75 Å². The van der Waals surface area contributed by atoms with Crippen molar-refractivity contribution < 1.29 is 14.1 Å². The van der Waals surface area contributed by atoms with Gasteiger partial charge in [-0.05, 0) is 13.0 Å². The minimum atomic E-state index is -0.800. The van der Waals surface area contributed by atoms with E-state index in [0.29, 0.717) is 5.56 Å². The van der Waals surface area contributed by atoms with E-state index in [1.54, 1.807) is 0 Å². The van der Waals surface area contributed by atoms with Gasteiger partial charge in [0.25, 0.3) is 5.69 Å².